The average molecular weight is 237 g/mol. The molecular weight excluding hydrogens is 222 g/mol. The van der Waals surface area contributed by atoms with Crippen LogP contribution < -0.4 is 5.32 Å². The average Bonchev–Trinajstić information content (AvgIpc) is 2.78. The maximum atomic E-state index is 9.66. The molecular formula is C15H15N3. The maximum Gasteiger partial charge on any atom is 0.0867 e. The van der Waals surface area contributed by atoms with Crippen molar-refractivity contribution in [3.8, 4) is 18.4 Å². The van der Waals surface area contributed by atoms with Gasteiger partial charge in [-0.3, -0.25) is 4.98 Å². The van der Waals surface area contributed by atoms with Crippen LogP contribution in [0.5, 0.6) is 0 Å². The minimum absolute atomic E-state index is 0.406. The van der Waals surface area contributed by atoms with E-state index in [0.29, 0.717) is 12.1 Å². The number of pyridine rings is 1. The molecule has 2 bridgehead atoms. The summed E-state index contributed by atoms with van der Waals surface area (Å²) >= 11 is 0. The van der Waals surface area contributed by atoms with Crippen LogP contribution in [-0.2, 0) is 5.41 Å². The standard InChI is InChI=1S/C15H15N3/c1-2-11-5-12(9-17-8-11)15(10-16)6-13-3-4-14(7-15)18-13/h1,5,8-9,13-14,18H,3-4,6-7H2/t13-,14+,15+. The summed E-state index contributed by atoms with van der Waals surface area (Å²) in [6.45, 7) is 0. The minimum Gasteiger partial charge on any atom is -0.311 e. The van der Waals surface area contributed by atoms with Crippen LogP contribution >= 0.6 is 0 Å². The van der Waals surface area contributed by atoms with Crippen molar-refractivity contribution < 1.29 is 0 Å². The first-order valence-corrected chi connectivity index (χ1v) is 6.35. The molecule has 0 amide bonds. The van der Waals surface area contributed by atoms with Gasteiger partial charge in [0.15, 0.2) is 0 Å². The van der Waals surface area contributed by atoms with E-state index in [0.717, 1.165) is 24.0 Å². The van der Waals surface area contributed by atoms with Gasteiger partial charge in [-0.2, -0.15) is 5.26 Å². The Balaban J connectivity index is 2.02. The monoisotopic (exact) mass is 237 g/mol. The van der Waals surface area contributed by atoms with Gasteiger partial charge >= 0.3 is 0 Å². The summed E-state index contributed by atoms with van der Waals surface area (Å²) in [6, 6.07) is 5.42. The van der Waals surface area contributed by atoms with E-state index in [1.165, 1.54) is 12.8 Å². The normalized spacial score (nSPS) is 33.7. The highest BCUT2D eigenvalue weighted by atomic mass is 15.0. The van der Waals surface area contributed by atoms with Crippen LogP contribution in [0.25, 0.3) is 0 Å². The zero-order chi connectivity index (χ0) is 12.6. The van der Waals surface area contributed by atoms with Crippen LogP contribution in [0.15, 0.2) is 18.5 Å². The molecule has 0 aliphatic carbocycles. The smallest absolute Gasteiger partial charge is 0.0867 e. The molecule has 3 nitrogen and oxygen atoms in total. The summed E-state index contributed by atoms with van der Waals surface area (Å²) in [6.07, 6.45) is 13.0. The molecule has 2 fully saturated rings. The molecule has 3 heterocycles. The van der Waals surface area contributed by atoms with Gasteiger partial charge < -0.3 is 5.32 Å². The van der Waals surface area contributed by atoms with Crippen molar-refractivity contribution in [2.45, 2.75) is 43.2 Å². The van der Waals surface area contributed by atoms with Crippen LogP contribution in [0.4, 0.5) is 0 Å². The van der Waals surface area contributed by atoms with Gasteiger partial charge in [0.05, 0.1) is 11.5 Å². The zero-order valence-corrected chi connectivity index (χ0v) is 10.2. The van der Waals surface area contributed by atoms with Crippen LogP contribution in [0.2, 0.25) is 0 Å². The molecule has 0 radical (unpaired) electrons. The molecule has 1 N–H and O–H groups in total. The number of hydrogen-bond donors (Lipinski definition) is 1. The second kappa shape index (κ2) is 4.12. The van der Waals surface area contributed by atoms with Gasteiger partial charge in [0.1, 0.15) is 0 Å². The summed E-state index contributed by atoms with van der Waals surface area (Å²) in [5.74, 6) is 2.60. The number of aromatic nitrogens is 1. The van der Waals surface area contributed by atoms with E-state index in [9.17, 15) is 5.26 Å². The third kappa shape index (κ3) is 1.68. The van der Waals surface area contributed by atoms with Crippen molar-refractivity contribution in [1.29, 1.82) is 5.26 Å². The molecule has 2 aliphatic rings. The highest BCUT2D eigenvalue weighted by Crippen LogP contribution is 2.42. The summed E-state index contributed by atoms with van der Waals surface area (Å²) in [5, 5.41) is 13.2. The highest BCUT2D eigenvalue weighted by Gasteiger charge is 2.45. The van der Waals surface area contributed by atoms with Gasteiger partial charge in [-0.25, -0.2) is 0 Å². The summed E-state index contributed by atoms with van der Waals surface area (Å²) in [4.78, 5) is 4.18. The van der Waals surface area contributed by atoms with Gasteiger partial charge in [0, 0.05) is 30.0 Å². The van der Waals surface area contributed by atoms with Gasteiger partial charge in [-0.1, -0.05) is 5.92 Å². The quantitative estimate of drug-likeness (QED) is 0.757. The SMILES string of the molecule is C#Cc1cncc([C@@]2(C#N)C[C@H]3CC[C@@H](C2)N3)c1. The van der Waals surface area contributed by atoms with Gasteiger partial charge in [0.25, 0.3) is 0 Å². The lowest BCUT2D eigenvalue weighted by Gasteiger charge is -2.36. The highest BCUT2D eigenvalue weighted by molar-refractivity contribution is 5.40. The lowest BCUT2D eigenvalue weighted by molar-refractivity contribution is 0.304. The largest absolute Gasteiger partial charge is 0.311 e. The maximum absolute atomic E-state index is 9.66. The molecule has 2 aliphatic heterocycles. The van der Waals surface area contributed by atoms with E-state index >= 15 is 0 Å². The number of hydrogen-bond acceptors (Lipinski definition) is 3. The first-order chi connectivity index (χ1) is 8.75. The second-order valence-electron chi connectivity index (χ2n) is 5.35. The van der Waals surface area contributed by atoms with E-state index in [4.69, 9.17) is 6.42 Å². The minimum atomic E-state index is -0.406. The summed E-state index contributed by atoms with van der Waals surface area (Å²) in [7, 11) is 0. The Hall–Kier alpha value is -1.84. The molecule has 1 aromatic rings. The predicted octanol–water partition coefficient (Wildman–Crippen LogP) is 1.74. The van der Waals surface area contributed by atoms with E-state index in [2.05, 4.69) is 22.3 Å². The fourth-order valence-electron chi connectivity index (χ4n) is 3.32. The molecule has 3 atom stereocenters. The summed E-state index contributed by atoms with van der Waals surface area (Å²) < 4.78 is 0. The van der Waals surface area contributed by atoms with Crippen LogP contribution in [-0.4, -0.2) is 17.1 Å². The molecule has 90 valence electrons. The number of nitrogens with one attached hydrogen (secondary N) is 1. The molecule has 0 spiro atoms. The van der Waals surface area contributed by atoms with Gasteiger partial charge in [-0.15, -0.1) is 6.42 Å². The lowest BCUT2D eigenvalue weighted by atomic mass is 9.72. The van der Waals surface area contributed by atoms with Crippen molar-refractivity contribution in [3.05, 3.63) is 29.6 Å². The van der Waals surface area contributed by atoms with Gasteiger partial charge in [-0.05, 0) is 37.3 Å². The predicted molar refractivity (Wildman–Crippen MR) is 68.6 cm³/mol. The Morgan fingerprint density at radius 2 is 2.06 bits per heavy atom. The van der Waals surface area contributed by atoms with E-state index in [1.807, 2.05) is 6.07 Å². The molecule has 18 heavy (non-hydrogen) atoms. The van der Waals surface area contributed by atoms with Crippen molar-refractivity contribution in [3.63, 3.8) is 0 Å². The third-order valence-corrected chi connectivity index (χ3v) is 4.20. The Morgan fingerprint density at radius 3 is 2.67 bits per heavy atom. The Kier molecular flexibility index (Phi) is 2.58. The van der Waals surface area contributed by atoms with Crippen molar-refractivity contribution in [2.24, 2.45) is 0 Å². The molecule has 1 aromatic heterocycles. The van der Waals surface area contributed by atoms with Crippen LogP contribution in [0.1, 0.15) is 36.8 Å². The molecule has 3 rings (SSSR count). The second-order valence-corrected chi connectivity index (χ2v) is 5.35. The van der Waals surface area contributed by atoms with E-state index in [-0.39, 0.29) is 0 Å². The fraction of sp³-hybridized carbons (Fsp3) is 0.467. The first-order valence-electron chi connectivity index (χ1n) is 6.35. The number of rotatable bonds is 1. The Morgan fingerprint density at radius 1 is 1.33 bits per heavy atom. The van der Waals surface area contributed by atoms with Crippen LogP contribution in [0, 0.1) is 23.7 Å². The fourth-order valence-corrected chi connectivity index (χ4v) is 3.32. The van der Waals surface area contributed by atoms with E-state index in [1.54, 1.807) is 12.4 Å². The van der Waals surface area contributed by atoms with E-state index < -0.39 is 5.41 Å². The number of terminal acetylenes is 1. The molecule has 3 heteroatoms. The third-order valence-electron chi connectivity index (χ3n) is 4.20. The lowest BCUT2D eigenvalue weighted by Crippen LogP contribution is -2.46. The summed E-state index contributed by atoms with van der Waals surface area (Å²) in [5.41, 5.74) is 1.34. The molecule has 0 aromatic carbocycles. The number of nitriles is 1. The number of nitrogens with zero attached hydrogens (tertiary/aromatic N) is 2. The zero-order valence-electron chi connectivity index (χ0n) is 10.2. The number of piperidine rings is 1. The van der Waals surface area contributed by atoms with Crippen molar-refractivity contribution in [1.82, 2.24) is 10.3 Å². The molecule has 0 unspecified atom stereocenters. The molecule has 2 saturated heterocycles. The number of fused-ring (bicyclic) bond motifs is 2. The Labute approximate surface area is 107 Å². The van der Waals surface area contributed by atoms with Gasteiger partial charge in [0.2, 0.25) is 0 Å². The van der Waals surface area contributed by atoms with Crippen LogP contribution in [0.3, 0.4) is 0 Å². The first kappa shape index (κ1) is 11.3. The topological polar surface area (TPSA) is 48.7 Å². The van der Waals surface area contributed by atoms with Crippen molar-refractivity contribution >= 4 is 0 Å². The van der Waals surface area contributed by atoms with Crippen molar-refractivity contribution in [2.75, 3.05) is 0 Å². The molecule has 0 saturated carbocycles. The Bertz CT molecular complexity index is 538.